The highest BCUT2D eigenvalue weighted by molar-refractivity contribution is 5.78. The van der Waals surface area contributed by atoms with Crippen molar-refractivity contribution in [1.82, 2.24) is 9.97 Å². The molecule has 1 radical (unpaired) electrons. The van der Waals surface area contributed by atoms with Crippen LogP contribution in [0.1, 0.15) is 5.69 Å². The highest BCUT2D eigenvalue weighted by Crippen LogP contribution is 2.21. The van der Waals surface area contributed by atoms with Crippen molar-refractivity contribution in [3.05, 3.63) is 60.3 Å². The molecule has 0 amide bonds. The minimum Gasteiger partial charge on any atom is -0.249 e. The molecule has 0 spiro atoms. The number of para-hydroxylation sites is 2. The van der Waals surface area contributed by atoms with Crippen molar-refractivity contribution in [3.63, 3.8) is 0 Å². The smallest absolute Gasteiger partial charge is 0.0928 e. The predicted molar refractivity (Wildman–Crippen MR) is 68.5 cm³/mol. The van der Waals surface area contributed by atoms with Crippen LogP contribution in [0.2, 0.25) is 0 Å². The van der Waals surface area contributed by atoms with Gasteiger partial charge < -0.3 is 0 Å². The van der Waals surface area contributed by atoms with Crippen LogP contribution in [0.5, 0.6) is 0 Å². The molecule has 2 heteroatoms. The second-order valence-electron chi connectivity index (χ2n) is 3.92. The molecular weight excluding hydrogens is 208 g/mol. The summed E-state index contributed by atoms with van der Waals surface area (Å²) < 4.78 is 0. The van der Waals surface area contributed by atoms with E-state index in [1.54, 1.807) is 0 Å². The van der Waals surface area contributed by atoms with Gasteiger partial charge in [-0.15, -0.1) is 0 Å². The van der Waals surface area contributed by atoms with Crippen molar-refractivity contribution in [3.8, 4) is 11.3 Å². The van der Waals surface area contributed by atoms with E-state index in [1.807, 2.05) is 55.5 Å². The molecule has 0 saturated heterocycles. The van der Waals surface area contributed by atoms with Gasteiger partial charge in [-0.05, 0) is 25.1 Å². The van der Waals surface area contributed by atoms with Crippen LogP contribution in [0.3, 0.4) is 0 Å². The van der Waals surface area contributed by atoms with Crippen LogP contribution in [-0.4, -0.2) is 9.97 Å². The topological polar surface area (TPSA) is 25.8 Å². The molecule has 0 aliphatic carbocycles. The first-order chi connectivity index (χ1) is 8.34. The molecule has 0 unspecified atom stereocenters. The molecule has 0 aliphatic rings. The van der Waals surface area contributed by atoms with Gasteiger partial charge in [0.1, 0.15) is 0 Å². The fraction of sp³-hybridized carbons (Fsp3) is 0.0667. The number of hydrogen-bond donors (Lipinski definition) is 0. The second-order valence-corrected chi connectivity index (χ2v) is 3.92. The Morgan fingerprint density at radius 3 is 2.29 bits per heavy atom. The first-order valence-corrected chi connectivity index (χ1v) is 5.55. The van der Waals surface area contributed by atoms with Gasteiger partial charge in [0.15, 0.2) is 0 Å². The van der Waals surface area contributed by atoms with Gasteiger partial charge >= 0.3 is 0 Å². The zero-order valence-corrected chi connectivity index (χ0v) is 9.51. The van der Waals surface area contributed by atoms with Crippen LogP contribution in [0, 0.1) is 13.0 Å². The van der Waals surface area contributed by atoms with Crippen LogP contribution in [0.4, 0.5) is 0 Å². The predicted octanol–water partition coefficient (Wildman–Crippen LogP) is 3.41. The van der Waals surface area contributed by atoms with Gasteiger partial charge in [-0.25, -0.2) is 9.97 Å². The molecule has 2 nitrogen and oxygen atoms in total. The van der Waals surface area contributed by atoms with E-state index < -0.39 is 0 Å². The number of hydrogen-bond acceptors (Lipinski definition) is 2. The van der Waals surface area contributed by atoms with Crippen molar-refractivity contribution in [2.45, 2.75) is 6.92 Å². The van der Waals surface area contributed by atoms with E-state index in [1.165, 1.54) is 0 Å². The minimum atomic E-state index is 0.907. The molecule has 3 rings (SSSR count). The van der Waals surface area contributed by atoms with Crippen LogP contribution >= 0.6 is 0 Å². The van der Waals surface area contributed by atoms with Gasteiger partial charge in [0.25, 0.3) is 0 Å². The summed E-state index contributed by atoms with van der Waals surface area (Å²) in [7, 11) is 0. The van der Waals surface area contributed by atoms with Crippen molar-refractivity contribution < 1.29 is 0 Å². The van der Waals surface area contributed by atoms with Gasteiger partial charge in [-0.3, -0.25) is 0 Å². The van der Waals surface area contributed by atoms with Crippen molar-refractivity contribution in [2.75, 3.05) is 0 Å². The molecule has 0 saturated carbocycles. The first-order valence-electron chi connectivity index (χ1n) is 5.55. The van der Waals surface area contributed by atoms with Crippen LogP contribution in [0.15, 0.2) is 48.5 Å². The largest absolute Gasteiger partial charge is 0.249 e. The molecule has 0 bridgehead atoms. The fourth-order valence-corrected chi connectivity index (χ4v) is 1.88. The van der Waals surface area contributed by atoms with E-state index in [4.69, 9.17) is 0 Å². The Kier molecular flexibility index (Phi) is 2.33. The van der Waals surface area contributed by atoms with Gasteiger partial charge in [-0.2, -0.15) is 0 Å². The monoisotopic (exact) mass is 219 g/mol. The van der Waals surface area contributed by atoms with E-state index >= 15 is 0 Å². The number of aryl methyl sites for hydroxylation is 1. The fourth-order valence-electron chi connectivity index (χ4n) is 1.88. The van der Waals surface area contributed by atoms with Gasteiger partial charge in [0.2, 0.25) is 0 Å². The molecule has 0 aliphatic heterocycles. The molecule has 81 valence electrons. The third-order valence-corrected chi connectivity index (χ3v) is 2.71. The summed E-state index contributed by atoms with van der Waals surface area (Å²) in [5.74, 6) is 0. The third kappa shape index (κ3) is 1.78. The Labute approximate surface area is 100.0 Å². The molecular formula is C15H11N2. The lowest BCUT2D eigenvalue weighted by molar-refractivity contribution is 1.19. The lowest BCUT2D eigenvalue weighted by Crippen LogP contribution is -1.93. The highest BCUT2D eigenvalue weighted by Gasteiger charge is 2.06. The maximum Gasteiger partial charge on any atom is 0.0928 e. The maximum absolute atomic E-state index is 4.65. The summed E-state index contributed by atoms with van der Waals surface area (Å²) in [5, 5.41) is 0. The van der Waals surface area contributed by atoms with Crippen LogP contribution in [-0.2, 0) is 0 Å². The SMILES string of the molecule is Cc1nc2ccccc2nc1-c1[c]cccc1. The number of aromatic nitrogens is 2. The Morgan fingerprint density at radius 1 is 0.882 bits per heavy atom. The van der Waals surface area contributed by atoms with Crippen LogP contribution in [0.25, 0.3) is 22.3 Å². The number of benzene rings is 2. The van der Waals surface area contributed by atoms with E-state index in [9.17, 15) is 0 Å². The lowest BCUT2D eigenvalue weighted by Gasteiger charge is -2.05. The van der Waals surface area contributed by atoms with Crippen molar-refractivity contribution in [1.29, 1.82) is 0 Å². The van der Waals surface area contributed by atoms with E-state index in [2.05, 4.69) is 16.0 Å². The molecule has 0 fully saturated rings. The molecule has 0 atom stereocenters. The molecule has 2 aromatic carbocycles. The normalized spacial score (nSPS) is 10.6. The molecule has 3 aromatic rings. The quantitative estimate of drug-likeness (QED) is 0.626. The standard InChI is InChI=1S/C15H11N2/c1-11-15(12-7-3-2-4-8-12)17-14-10-6-5-9-13(14)16-11/h2-7,9-10H,1H3. The number of nitrogens with zero attached hydrogens (tertiary/aromatic N) is 2. The molecule has 1 aromatic heterocycles. The summed E-state index contributed by atoms with van der Waals surface area (Å²) in [6.07, 6.45) is 0. The third-order valence-electron chi connectivity index (χ3n) is 2.71. The average molecular weight is 219 g/mol. The zero-order chi connectivity index (χ0) is 11.7. The molecule has 1 heterocycles. The summed E-state index contributed by atoms with van der Waals surface area (Å²) in [6.45, 7) is 1.98. The van der Waals surface area contributed by atoms with Crippen molar-refractivity contribution >= 4 is 11.0 Å². The summed E-state index contributed by atoms with van der Waals surface area (Å²) >= 11 is 0. The minimum absolute atomic E-state index is 0.907. The summed E-state index contributed by atoms with van der Waals surface area (Å²) in [5.41, 5.74) is 4.69. The molecule has 17 heavy (non-hydrogen) atoms. The highest BCUT2D eigenvalue weighted by atomic mass is 14.8. The molecule has 0 N–H and O–H groups in total. The average Bonchev–Trinajstić information content (AvgIpc) is 2.39. The Hall–Kier alpha value is -2.22. The second kappa shape index (κ2) is 3.98. The maximum atomic E-state index is 4.65. The zero-order valence-electron chi connectivity index (χ0n) is 9.51. The Morgan fingerprint density at radius 2 is 1.59 bits per heavy atom. The van der Waals surface area contributed by atoms with E-state index in [-0.39, 0.29) is 0 Å². The number of rotatable bonds is 1. The summed E-state index contributed by atoms with van der Waals surface area (Å²) in [6, 6.07) is 18.9. The first kappa shape index (κ1) is 9.97. The van der Waals surface area contributed by atoms with Crippen LogP contribution < -0.4 is 0 Å². The van der Waals surface area contributed by atoms with E-state index in [0.717, 1.165) is 28.0 Å². The summed E-state index contributed by atoms with van der Waals surface area (Å²) in [4.78, 5) is 9.22. The Balaban J connectivity index is 2.27. The lowest BCUT2D eigenvalue weighted by atomic mass is 10.1. The van der Waals surface area contributed by atoms with Gasteiger partial charge in [0.05, 0.1) is 22.4 Å². The van der Waals surface area contributed by atoms with E-state index in [0.29, 0.717) is 0 Å². The van der Waals surface area contributed by atoms with Crippen molar-refractivity contribution in [2.24, 2.45) is 0 Å². The van der Waals surface area contributed by atoms with Gasteiger partial charge in [-0.1, -0.05) is 36.4 Å². The Bertz CT molecular complexity index is 660. The number of fused-ring (bicyclic) bond motifs is 1. The van der Waals surface area contributed by atoms with Gasteiger partial charge in [0, 0.05) is 5.56 Å².